The molecule has 2 aromatic heterocycles. The van der Waals surface area contributed by atoms with Crippen molar-refractivity contribution in [3.63, 3.8) is 0 Å². The number of imidazole rings is 1. The molecule has 2 heterocycles. The highest BCUT2D eigenvalue weighted by atomic mass is 28.3. The number of nitrogens with two attached hydrogens (primary N) is 1. The van der Waals surface area contributed by atoms with Crippen LogP contribution in [0.3, 0.4) is 0 Å². The van der Waals surface area contributed by atoms with Gasteiger partial charge in [-0.25, -0.2) is 4.98 Å². The molecular weight excluding hydrogens is 470 g/mol. The summed E-state index contributed by atoms with van der Waals surface area (Å²) in [5.41, 5.74) is 7.91. The van der Waals surface area contributed by atoms with Gasteiger partial charge in [0, 0.05) is 44.3 Å². The minimum Gasteiger partial charge on any atom is -0.367 e. The lowest BCUT2D eigenvalue weighted by Crippen LogP contribution is -2.26. The zero-order chi connectivity index (χ0) is 25.7. The maximum atomic E-state index is 12.9. The molecule has 0 spiro atoms. The number of carbonyl (C=O) groups excluding carboxylic acids is 1. The fraction of sp³-hybridized carbons (Fsp3) is 0.259. The van der Waals surface area contributed by atoms with Crippen molar-refractivity contribution >= 4 is 25.5 Å². The summed E-state index contributed by atoms with van der Waals surface area (Å²) in [6.07, 6.45) is 3.38. The molecule has 0 aliphatic heterocycles. The number of benzene rings is 2. The molecule has 2 N–H and O–H groups in total. The zero-order valence-corrected chi connectivity index (χ0v) is 21.8. The van der Waals surface area contributed by atoms with Crippen molar-refractivity contribution in [2.45, 2.75) is 38.5 Å². The van der Waals surface area contributed by atoms with Crippen LogP contribution in [-0.2, 0) is 16.3 Å². The molecule has 8 nitrogen and oxygen atoms in total. The second-order valence-corrected chi connectivity index (χ2v) is 15.4. The number of nitrogens with zero attached hydrogens (tertiary/aromatic N) is 4. The van der Waals surface area contributed by atoms with Crippen molar-refractivity contribution in [1.29, 1.82) is 0 Å². The Kier molecular flexibility index (Phi) is 7.61. The number of amides is 1. The molecular formula is C27H31N5O3Si. The number of ether oxygens (including phenoxy) is 1. The minimum atomic E-state index is -1.22. The molecule has 1 atom stereocenters. The van der Waals surface area contributed by atoms with Crippen LogP contribution in [0.25, 0.3) is 5.78 Å². The van der Waals surface area contributed by atoms with E-state index in [1.807, 2.05) is 60.7 Å². The lowest BCUT2D eigenvalue weighted by molar-refractivity contribution is -0.119. The second kappa shape index (κ2) is 10.8. The molecule has 1 unspecified atom stereocenters. The topological polar surface area (TPSA) is 104 Å². The van der Waals surface area contributed by atoms with Gasteiger partial charge in [-0.05, 0) is 6.04 Å². The number of carbonyl (C=O) groups is 1. The normalized spacial score (nSPS) is 12.4. The van der Waals surface area contributed by atoms with Gasteiger partial charge in [0.25, 0.3) is 5.56 Å². The van der Waals surface area contributed by atoms with E-state index in [9.17, 15) is 9.59 Å². The van der Waals surface area contributed by atoms with Gasteiger partial charge in [-0.1, -0.05) is 80.3 Å². The van der Waals surface area contributed by atoms with Gasteiger partial charge in [-0.2, -0.15) is 0 Å². The van der Waals surface area contributed by atoms with Gasteiger partial charge in [-0.15, -0.1) is 0 Å². The van der Waals surface area contributed by atoms with E-state index >= 15 is 0 Å². The summed E-state index contributed by atoms with van der Waals surface area (Å²) >= 11 is 0. The van der Waals surface area contributed by atoms with E-state index in [4.69, 9.17) is 15.5 Å². The van der Waals surface area contributed by atoms with Crippen LogP contribution in [0, 0.1) is 0 Å². The molecule has 2 aromatic carbocycles. The molecule has 36 heavy (non-hydrogen) atoms. The predicted octanol–water partition coefficient (Wildman–Crippen LogP) is 3.87. The summed E-state index contributed by atoms with van der Waals surface area (Å²) in [4.78, 5) is 34.9. The summed E-state index contributed by atoms with van der Waals surface area (Å²) < 4.78 is 9.01. The molecule has 9 heteroatoms. The first kappa shape index (κ1) is 25.3. The SMILES string of the molecule is C[Si](C)(C)CCOCn1ccn2c(=O)cc(C(N=C(c3ccccc3)c3ccccc3)C(N)=O)nc12. The molecule has 0 fully saturated rings. The molecule has 0 radical (unpaired) electrons. The van der Waals surface area contributed by atoms with E-state index in [2.05, 4.69) is 24.6 Å². The smallest absolute Gasteiger partial charge is 0.259 e. The summed E-state index contributed by atoms with van der Waals surface area (Å²) in [5, 5.41) is 0. The van der Waals surface area contributed by atoms with Crippen molar-refractivity contribution in [2.75, 3.05) is 6.61 Å². The van der Waals surface area contributed by atoms with E-state index < -0.39 is 20.0 Å². The molecule has 186 valence electrons. The number of primary amides is 1. The third kappa shape index (κ3) is 6.05. The quantitative estimate of drug-likeness (QED) is 0.202. The average Bonchev–Trinajstić information content (AvgIpc) is 3.26. The first-order chi connectivity index (χ1) is 17.2. The van der Waals surface area contributed by atoms with E-state index in [1.165, 1.54) is 10.5 Å². The number of rotatable bonds is 10. The van der Waals surface area contributed by atoms with Crippen molar-refractivity contribution in [3.05, 3.63) is 106 Å². The average molecular weight is 502 g/mol. The lowest BCUT2D eigenvalue weighted by atomic mass is 10.0. The van der Waals surface area contributed by atoms with Crippen LogP contribution in [-0.4, -0.2) is 40.3 Å². The Morgan fingerprint density at radius 3 is 2.19 bits per heavy atom. The van der Waals surface area contributed by atoms with Crippen molar-refractivity contribution in [2.24, 2.45) is 10.7 Å². The molecule has 0 saturated heterocycles. The Hall–Kier alpha value is -3.82. The number of hydrogen-bond donors (Lipinski definition) is 1. The minimum absolute atomic E-state index is 0.193. The highest BCUT2D eigenvalue weighted by molar-refractivity contribution is 6.76. The van der Waals surface area contributed by atoms with Crippen LogP contribution in [0.2, 0.25) is 25.7 Å². The molecule has 0 saturated carbocycles. The Balaban J connectivity index is 1.74. The van der Waals surface area contributed by atoms with Gasteiger partial charge in [0.15, 0.2) is 6.04 Å². The Morgan fingerprint density at radius 2 is 1.64 bits per heavy atom. The van der Waals surface area contributed by atoms with Gasteiger partial charge >= 0.3 is 0 Å². The van der Waals surface area contributed by atoms with E-state index in [0.29, 0.717) is 18.1 Å². The van der Waals surface area contributed by atoms with Crippen molar-refractivity contribution < 1.29 is 9.53 Å². The first-order valence-corrected chi connectivity index (χ1v) is 15.6. The molecule has 0 bridgehead atoms. The number of hydrogen-bond acceptors (Lipinski definition) is 5. The summed E-state index contributed by atoms with van der Waals surface area (Å²) in [5.74, 6) is -0.326. The largest absolute Gasteiger partial charge is 0.367 e. The monoisotopic (exact) mass is 501 g/mol. The van der Waals surface area contributed by atoms with E-state index in [-0.39, 0.29) is 18.0 Å². The van der Waals surface area contributed by atoms with Crippen LogP contribution < -0.4 is 11.3 Å². The third-order valence-corrected chi connectivity index (χ3v) is 7.44. The lowest BCUT2D eigenvalue weighted by Gasteiger charge is -2.16. The molecule has 0 aliphatic carbocycles. The maximum absolute atomic E-state index is 12.9. The van der Waals surface area contributed by atoms with Crippen LogP contribution in [0.15, 0.2) is 88.9 Å². The number of aliphatic imine (C=N–C) groups is 1. The predicted molar refractivity (Wildman–Crippen MR) is 144 cm³/mol. The molecule has 4 rings (SSSR count). The third-order valence-electron chi connectivity index (χ3n) is 5.74. The van der Waals surface area contributed by atoms with E-state index in [0.717, 1.165) is 17.2 Å². The van der Waals surface area contributed by atoms with E-state index in [1.54, 1.807) is 17.0 Å². The van der Waals surface area contributed by atoms with Gasteiger partial charge in [0.1, 0.15) is 6.73 Å². The highest BCUT2D eigenvalue weighted by Crippen LogP contribution is 2.20. The van der Waals surface area contributed by atoms with Crippen LogP contribution in [0.5, 0.6) is 0 Å². The molecule has 0 aliphatic rings. The second-order valence-electron chi connectivity index (χ2n) is 9.82. The van der Waals surface area contributed by atoms with Crippen LogP contribution in [0.4, 0.5) is 0 Å². The number of fused-ring (bicyclic) bond motifs is 1. The van der Waals surface area contributed by atoms with Gasteiger partial charge in [0.05, 0.1) is 11.4 Å². The van der Waals surface area contributed by atoms with Crippen LogP contribution in [0.1, 0.15) is 22.9 Å². The summed E-state index contributed by atoms with van der Waals surface area (Å²) in [6, 6.07) is 20.3. The highest BCUT2D eigenvalue weighted by Gasteiger charge is 2.23. The number of aromatic nitrogens is 3. The fourth-order valence-corrected chi connectivity index (χ4v) is 4.50. The molecule has 1 amide bonds. The van der Waals surface area contributed by atoms with Gasteiger partial charge in [0.2, 0.25) is 11.7 Å². The van der Waals surface area contributed by atoms with Crippen molar-refractivity contribution in [3.8, 4) is 0 Å². The summed E-state index contributed by atoms with van der Waals surface area (Å²) in [6.45, 7) is 7.76. The maximum Gasteiger partial charge on any atom is 0.259 e. The standard InChI is InChI=1S/C27H31N5O3Si/c1-36(2,3)17-16-35-19-31-14-15-32-23(33)18-22(29-27(31)32)25(26(28)34)30-24(20-10-6-4-7-11-20)21-12-8-5-9-13-21/h4-15,18,25H,16-17,19H2,1-3H3,(H2,28,34). The van der Waals surface area contributed by atoms with Gasteiger partial charge < -0.3 is 10.5 Å². The Labute approximate surface area is 211 Å². The fourth-order valence-electron chi connectivity index (χ4n) is 3.75. The zero-order valence-electron chi connectivity index (χ0n) is 20.8. The van der Waals surface area contributed by atoms with Crippen LogP contribution >= 0.6 is 0 Å². The Bertz CT molecular complexity index is 1380. The van der Waals surface area contributed by atoms with Gasteiger partial charge in [-0.3, -0.25) is 23.5 Å². The first-order valence-electron chi connectivity index (χ1n) is 11.9. The summed E-state index contributed by atoms with van der Waals surface area (Å²) in [7, 11) is -1.22. The van der Waals surface area contributed by atoms with Crippen molar-refractivity contribution in [1.82, 2.24) is 14.0 Å². The molecule has 4 aromatic rings. The Morgan fingerprint density at radius 1 is 1.03 bits per heavy atom.